The van der Waals surface area contributed by atoms with Gasteiger partial charge in [-0.1, -0.05) is 51.0 Å². The number of thiazole rings is 1. The number of ether oxygens (including phenoxy) is 3. The van der Waals surface area contributed by atoms with E-state index in [-0.39, 0.29) is 27.6 Å². The summed E-state index contributed by atoms with van der Waals surface area (Å²) in [6, 6.07) is 7.76. The lowest BCUT2D eigenvalue weighted by atomic mass is 9.95. The van der Waals surface area contributed by atoms with Gasteiger partial charge in [0.2, 0.25) is 0 Å². The largest absolute Gasteiger partial charge is 0.493 e. The summed E-state index contributed by atoms with van der Waals surface area (Å²) in [6.07, 6.45) is -3.75. The van der Waals surface area contributed by atoms with Gasteiger partial charge in [0.25, 0.3) is 5.56 Å². The van der Waals surface area contributed by atoms with Crippen LogP contribution in [0.25, 0.3) is 6.08 Å². The van der Waals surface area contributed by atoms with E-state index in [9.17, 15) is 22.8 Å². The van der Waals surface area contributed by atoms with Gasteiger partial charge in [0, 0.05) is 15.1 Å². The highest BCUT2D eigenvalue weighted by Crippen LogP contribution is 2.39. The second-order valence-electron chi connectivity index (χ2n) is 8.81. The highest BCUT2D eigenvalue weighted by atomic mass is 79.9. The van der Waals surface area contributed by atoms with Crippen LogP contribution in [0.1, 0.15) is 37.9 Å². The van der Waals surface area contributed by atoms with Crippen molar-refractivity contribution in [1.82, 2.24) is 4.57 Å². The van der Waals surface area contributed by atoms with E-state index in [1.807, 2.05) is 13.8 Å². The predicted molar refractivity (Wildman–Crippen MR) is 149 cm³/mol. The maximum absolute atomic E-state index is 14.3. The minimum atomic E-state index is -5.00. The molecule has 13 heteroatoms. The zero-order valence-corrected chi connectivity index (χ0v) is 24.8. The molecule has 2 heterocycles. The molecule has 0 N–H and O–H groups in total. The number of methoxy groups -OCH3 is 1. The van der Waals surface area contributed by atoms with E-state index in [4.69, 9.17) is 25.8 Å². The number of allylic oxidation sites excluding steroid dienone is 1. The Balaban J connectivity index is 2.06. The topological polar surface area (TPSA) is 79.1 Å². The molecule has 0 aliphatic carbocycles. The molecule has 212 valence electrons. The van der Waals surface area contributed by atoms with Gasteiger partial charge in [-0.2, -0.15) is 13.2 Å². The summed E-state index contributed by atoms with van der Waals surface area (Å²) in [5, 5.41) is 0.329. The average Bonchev–Trinajstić information content (AvgIpc) is 3.19. The van der Waals surface area contributed by atoms with Crippen LogP contribution in [0.3, 0.4) is 0 Å². The molecule has 4 rings (SSSR count). The molecule has 0 saturated heterocycles. The molecule has 0 radical (unpaired) electrons. The number of carbonyl (C=O) groups is 1. The smallest absolute Gasteiger partial charge is 0.434 e. The number of alkyl halides is 3. The highest BCUT2D eigenvalue weighted by Gasteiger charge is 2.45. The van der Waals surface area contributed by atoms with Crippen molar-refractivity contribution in [3.8, 4) is 11.5 Å². The SMILES string of the molecule is CCOC(=O)C1=C(C(F)(F)F)N=c2s/c(=C\c3cc(Br)cc(OC)c3OC(C)C)c(=O)n2[C@H]1c1ccc(Cl)cc1. The molecule has 1 aliphatic rings. The molecule has 0 spiro atoms. The van der Waals surface area contributed by atoms with Crippen LogP contribution in [0.5, 0.6) is 11.5 Å². The summed E-state index contributed by atoms with van der Waals surface area (Å²) in [4.78, 5) is 30.3. The monoisotopic (exact) mass is 658 g/mol. The molecule has 0 bridgehead atoms. The zero-order chi connectivity index (χ0) is 29.4. The lowest BCUT2D eigenvalue weighted by Crippen LogP contribution is -2.41. The molecular weight excluding hydrogens is 637 g/mol. The normalized spacial score (nSPS) is 15.7. The first kappa shape index (κ1) is 29.9. The Bertz CT molecular complexity index is 1660. The Morgan fingerprint density at radius 3 is 2.50 bits per heavy atom. The van der Waals surface area contributed by atoms with Gasteiger partial charge >= 0.3 is 12.1 Å². The van der Waals surface area contributed by atoms with Crippen LogP contribution in [-0.2, 0) is 9.53 Å². The van der Waals surface area contributed by atoms with Crippen molar-refractivity contribution in [2.75, 3.05) is 13.7 Å². The minimum absolute atomic E-state index is 0.0677. The van der Waals surface area contributed by atoms with Gasteiger partial charge in [-0.15, -0.1) is 0 Å². The van der Waals surface area contributed by atoms with Crippen LogP contribution in [0.15, 0.2) is 61.9 Å². The van der Waals surface area contributed by atoms with E-state index in [0.717, 1.165) is 15.9 Å². The van der Waals surface area contributed by atoms with E-state index in [1.54, 1.807) is 12.1 Å². The molecule has 40 heavy (non-hydrogen) atoms. The van der Waals surface area contributed by atoms with Gasteiger partial charge in [0.15, 0.2) is 22.0 Å². The molecule has 1 aromatic heterocycles. The van der Waals surface area contributed by atoms with Gasteiger partial charge < -0.3 is 14.2 Å². The third kappa shape index (κ3) is 5.98. The number of benzene rings is 2. The molecule has 3 aromatic rings. The standard InChI is InChI=1S/C27H23BrClF3N2O5S/c1-5-38-25(36)20-21(14-6-8-17(29)9-7-14)34-24(35)19(40-26(34)33-23(20)27(30,31)32)11-15-10-16(28)12-18(37-4)22(15)39-13(2)3/h6-13,21H,5H2,1-4H3/b19-11-/t21-/m0/s1. The Kier molecular flexibility index (Phi) is 8.81. The zero-order valence-electron chi connectivity index (χ0n) is 21.6. The Morgan fingerprint density at radius 1 is 1.25 bits per heavy atom. The first-order valence-corrected chi connectivity index (χ1v) is 13.9. The maximum atomic E-state index is 14.3. The molecule has 0 amide bonds. The first-order chi connectivity index (χ1) is 18.8. The van der Waals surface area contributed by atoms with E-state index < -0.39 is 35.0 Å². The van der Waals surface area contributed by atoms with E-state index >= 15 is 0 Å². The molecule has 1 atom stereocenters. The van der Waals surface area contributed by atoms with Crippen molar-refractivity contribution in [2.45, 2.75) is 39.1 Å². The van der Waals surface area contributed by atoms with Gasteiger partial charge in [-0.05, 0) is 56.7 Å². The number of nitrogens with zero attached hydrogens (tertiary/aromatic N) is 2. The van der Waals surface area contributed by atoms with Gasteiger partial charge in [0.1, 0.15) is 0 Å². The average molecular weight is 660 g/mol. The summed E-state index contributed by atoms with van der Waals surface area (Å²) in [5.41, 5.74) is -2.19. The number of esters is 1. The minimum Gasteiger partial charge on any atom is -0.493 e. The fourth-order valence-electron chi connectivity index (χ4n) is 4.15. The molecule has 0 saturated carbocycles. The fourth-order valence-corrected chi connectivity index (χ4v) is 5.72. The van der Waals surface area contributed by atoms with Crippen LogP contribution in [0.2, 0.25) is 5.02 Å². The Hall–Kier alpha value is -3.09. The van der Waals surface area contributed by atoms with E-state index in [0.29, 0.717) is 26.6 Å². The summed E-state index contributed by atoms with van der Waals surface area (Å²) in [5.74, 6) is -0.480. The summed E-state index contributed by atoms with van der Waals surface area (Å²) in [6.45, 7) is 4.94. The summed E-state index contributed by atoms with van der Waals surface area (Å²) in [7, 11) is 1.47. The quantitative estimate of drug-likeness (QED) is 0.311. The summed E-state index contributed by atoms with van der Waals surface area (Å²) >= 11 is 10.2. The van der Waals surface area contributed by atoms with Crippen LogP contribution in [0, 0.1) is 0 Å². The van der Waals surface area contributed by atoms with Crippen molar-refractivity contribution < 1.29 is 32.2 Å². The molecule has 7 nitrogen and oxygen atoms in total. The van der Waals surface area contributed by atoms with Crippen molar-refractivity contribution in [1.29, 1.82) is 0 Å². The Labute approximate surface area is 244 Å². The van der Waals surface area contributed by atoms with Crippen LogP contribution in [-0.4, -0.2) is 36.5 Å². The van der Waals surface area contributed by atoms with Crippen molar-refractivity contribution in [3.63, 3.8) is 0 Å². The van der Waals surface area contributed by atoms with Crippen LogP contribution < -0.4 is 24.4 Å². The fraction of sp³-hybridized carbons (Fsp3) is 0.296. The molecule has 0 unspecified atom stereocenters. The lowest BCUT2D eigenvalue weighted by Gasteiger charge is -2.26. The van der Waals surface area contributed by atoms with Gasteiger partial charge in [0.05, 0.1) is 36.0 Å². The van der Waals surface area contributed by atoms with Crippen molar-refractivity contribution >= 4 is 50.9 Å². The Morgan fingerprint density at radius 2 is 1.93 bits per heavy atom. The third-order valence-electron chi connectivity index (χ3n) is 5.69. The lowest BCUT2D eigenvalue weighted by molar-refractivity contribution is -0.140. The molecular formula is C27H23BrClF3N2O5S. The van der Waals surface area contributed by atoms with Gasteiger partial charge in [-0.25, -0.2) is 9.79 Å². The second-order valence-corrected chi connectivity index (χ2v) is 11.2. The predicted octanol–water partition coefficient (Wildman–Crippen LogP) is 5.55. The number of hydrogen-bond donors (Lipinski definition) is 0. The molecule has 1 aliphatic heterocycles. The van der Waals surface area contributed by atoms with Gasteiger partial charge in [-0.3, -0.25) is 9.36 Å². The number of rotatable bonds is 7. The van der Waals surface area contributed by atoms with Crippen molar-refractivity contribution in [3.05, 3.63) is 88.0 Å². The van der Waals surface area contributed by atoms with Crippen LogP contribution in [0.4, 0.5) is 13.2 Å². The third-order valence-corrected chi connectivity index (χ3v) is 7.38. The summed E-state index contributed by atoms with van der Waals surface area (Å²) < 4.78 is 61.0. The number of hydrogen-bond acceptors (Lipinski definition) is 7. The second kappa shape index (κ2) is 11.8. The van der Waals surface area contributed by atoms with E-state index in [1.165, 1.54) is 44.4 Å². The first-order valence-electron chi connectivity index (χ1n) is 12.0. The number of halogens is 5. The maximum Gasteiger partial charge on any atom is 0.434 e. The highest BCUT2D eigenvalue weighted by molar-refractivity contribution is 9.10. The number of fused-ring (bicyclic) bond motifs is 1. The van der Waals surface area contributed by atoms with Crippen molar-refractivity contribution in [2.24, 2.45) is 4.99 Å². The number of carbonyl (C=O) groups excluding carboxylic acids is 1. The molecule has 2 aromatic carbocycles. The van der Waals surface area contributed by atoms with E-state index in [2.05, 4.69) is 20.9 Å². The van der Waals surface area contributed by atoms with Crippen LogP contribution >= 0.6 is 38.9 Å². The molecule has 0 fully saturated rings. The number of aromatic nitrogens is 1.